The fourth-order valence-corrected chi connectivity index (χ4v) is 2.60. The minimum atomic E-state index is -4.52. The van der Waals surface area contributed by atoms with Crippen LogP contribution in [0.15, 0.2) is 35.2 Å². The molecule has 0 aromatic heterocycles. The van der Waals surface area contributed by atoms with E-state index < -0.39 is 15.0 Å². The van der Waals surface area contributed by atoms with Crippen LogP contribution in [-0.2, 0) is 14.9 Å². The first-order chi connectivity index (χ1) is 8.79. The van der Waals surface area contributed by atoms with Gasteiger partial charge in [0.1, 0.15) is 10.6 Å². The average Bonchev–Trinajstić information content (AvgIpc) is 2.26. The minimum Gasteiger partial charge on any atom is -0.507 e. The number of hydrogen-bond donors (Lipinski definition) is 3. The van der Waals surface area contributed by atoms with E-state index in [2.05, 4.69) is 5.32 Å². The molecule has 0 aliphatic rings. The van der Waals surface area contributed by atoms with Crippen molar-refractivity contribution in [2.75, 3.05) is 5.32 Å². The van der Waals surface area contributed by atoms with Crippen molar-refractivity contribution < 1.29 is 22.9 Å². The quantitative estimate of drug-likeness (QED) is 0.727. The molecule has 0 saturated carbocycles. The zero-order valence-corrected chi connectivity index (χ0v) is 10.7. The van der Waals surface area contributed by atoms with E-state index in [0.29, 0.717) is 5.39 Å². The van der Waals surface area contributed by atoms with Crippen LogP contribution in [0.5, 0.6) is 5.75 Å². The van der Waals surface area contributed by atoms with E-state index >= 15 is 0 Å². The van der Waals surface area contributed by atoms with E-state index in [1.807, 2.05) is 0 Å². The van der Waals surface area contributed by atoms with Crippen molar-refractivity contribution in [3.63, 3.8) is 0 Å². The molecule has 2 aromatic carbocycles. The molecule has 19 heavy (non-hydrogen) atoms. The van der Waals surface area contributed by atoms with Crippen molar-refractivity contribution in [3.05, 3.63) is 30.3 Å². The van der Waals surface area contributed by atoms with Crippen molar-refractivity contribution in [2.24, 2.45) is 0 Å². The molecule has 0 atom stereocenters. The van der Waals surface area contributed by atoms with Gasteiger partial charge in [0.05, 0.1) is 0 Å². The summed E-state index contributed by atoms with van der Waals surface area (Å²) in [6, 6.07) is 7.01. The summed E-state index contributed by atoms with van der Waals surface area (Å²) in [4.78, 5) is 10.6. The number of carbonyl (C=O) groups is 1. The van der Waals surface area contributed by atoms with E-state index in [-0.39, 0.29) is 22.7 Å². The molecule has 6 nitrogen and oxygen atoms in total. The highest BCUT2D eigenvalue weighted by atomic mass is 32.2. The first kappa shape index (κ1) is 13.3. The van der Waals surface area contributed by atoms with Gasteiger partial charge in [-0.3, -0.25) is 9.35 Å². The Morgan fingerprint density at radius 2 is 1.95 bits per heavy atom. The lowest BCUT2D eigenvalue weighted by atomic mass is 10.1. The number of hydrogen-bond acceptors (Lipinski definition) is 4. The molecule has 0 saturated heterocycles. The number of anilines is 1. The SMILES string of the molecule is CC(=O)Nc1cc(S(=O)(=O)O)c2c(O)cccc2c1. The lowest BCUT2D eigenvalue weighted by Crippen LogP contribution is -2.07. The maximum atomic E-state index is 11.4. The number of carbonyl (C=O) groups excluding carboxylic acids is 1. The van der Waals surface area contributed by atoms with Gasteiger partial charge < -0.3 is 10.4 Å². The summed E-state index contributed by atoms with van der Waals surface area (Å²) in [7, 11) is -4.52. The Balaban J connectivity index is 2.85. The van der Waals surface area contributed by atoms with Crippen molar-refractivity contribution in [2.45, 2.75) is 11.8 Å². The Bertz CT molecular complexity index is 767. The molecule has 3 N–H and O–H groups in total. The van der Waals surface area contributed by atoms with Crippen molar-refractivity contribution >= 4 is 32.5 Å². The maximum Gasteiger partial charge on any atom is 0.295 e. The molecule has 1 amide bonds. The number of fused-ring (bicyclic) bond motifs is 1. The van der Waals surface area contributed by atoms with Crippen LogP contribution in [0.3, 0.4) is 0 Å². The predicted octanol–water partition coefficient (Wildman–Crippen LogP) is 1.75. The van der Waals surface area contributed by atoms with Crippen LogP contribution in [0.2, 0.25) is 0 Å². The topological polar surface area (TPSA) is 104 Å². The van der Waals surface area contributed by atoms with E-state index in [1.165, 1.54) is 25.1 Å². The average molecular weight is 281 g/mol. The molecular formula is C12H11NO5S. The number of amides is 1. The fraction of sp³-hybridized carbons (Fsp3) is 0.0833. The lowest BCUT2D eigenvalue weighted by molar-refractivity contribution is -0.114. The molecule has 2 rings (SSSR count). The van der Waals surface area contributed by atoms with Crippen LogP contribution in [0, 0.1) is 0 Å². The molecule has 0 heterocycles. The molecule has 0 aliphatic heterocycles. The van der Waals surface area contributed by atoms with Gasteiger partial charge >= 0.3 is 0 Å². The number of aromatic hydroxyl groups is 1. The van der Waals surface area contributed by atoms with Gasteiger partial charge in [0.2, 0.25) is 5.91 Å². The van der Waals surface area contributed by atoms with Crippen molar-refractivity contribution in [1.29, 1.82) is 0 Å². The third-order valence-corrected chi connectivity index (χ3v) is 3.39. The second-order valence-electron chi connectivity index (χ2n) is 4.01. The molecule has 0 spiro atoms. The van der Waals surface area contributed by atoms with Gasteiger partial charge in [-0.1, -0.05) is 12.1 Å². The molecule has 0 aliphatic carbocycles. The van der Waals surface area contributed by atoms with E-state index in [4.69, 9.17) is 0 Å². The molecule has 100 valence electrons. The van der Waals surface area contributed by atoms with Crippen molar-refractivity contribution in [3.8, 4) is 5.75 Å². The summed E-state index contributed by atoms with van der Waals surface area (Å²) in [5.41, 5.74) is 0.221. The third kappa shape index (κ3) is 2.67. The fourth-order valence-electron chi connectivity index (χ4n) is 1.85. The van der Waals surface area contributed by atoms with E-state index in [1.54, 1.807) is 6.07 Å². The summed E-state index contributed by atoms with van der Waals surface area (Å²) in [6.07, 6.45) is 0. The normalized spacial score (nSPS) is 11.5. The lowest BCUT2D eigenvalue weighted by Gasteiger charge is -2.10. The molecule has 0 bridgehead atoms. The zero-order chi connectivity index (χ0) is 14.2. The Morgan fingerprint density at radius 3 is 2.53 bits per heavy atom. The standard InChI is InChI=1S/C12H11NO5S/c1-7(14)13-9-5-8-3-2-4-10(15)12(8)11(6-9)19(16,17)18/h2-6,15H,1H3,(H,13,14)(H,16,17,18). The van der Waals surface area contributed by atoms with Gasteiger partial charge in [-0.15, -0.1) is 0 Å². The van der Waals surface area contributed by atoms with Gasteiger partial charge in [-0.05, 0) is 23.6 Å². The Kier molecular flexibility index (Phi) is 3.17. The molecule has 0 radical (unpaired) electrons. The Labute approximate surface area is 109 Å². The second kappa shape index (κ2) is 4.52. The number of phenols is 1. The third-order valence-electron chi connectivity index (χ3n) is 2.52. The van der Waals surface area contributed by atoms with Crippen LogP contribution in [-0.4, -0.2) is 24.0 Å². The molecular weight excluding hydrogens is 270 g/mol. The largest absolute Gasteiger partial charge is 0.507 e. The number of nitrogens with one attached hydrogen (secondary N) is 1. The van der Waals surface area contributed by atoms with Crippen molar-refractivity contribution in [1.82, 2.24) is 0 Å². The number of benzene rings is 2. The Hall–Kier alpha value is -2.12. The summed E-state index contributed by atoms with van der Waals surface area (Å²) in [5, 5.41) is 12.6. The summed E-state index contributed by atoms with van der Waals surface area (Å²) >= 11 is 0. The predicted molar refractivity (Wildman–Crippen MR) is 69.7 cm³/mol. The first-order valence-corrected chi connectivity index (χ1v) is 6.74. The smallest absolute Gasteiger partial charge is 0.295 e. The highest BCUT2D eigenvalue weighted by Crippen LogP contribution is 2.33. The van der Waals surface area contributed by atoms with Crippen LogP contribution >= 0.6 is 0 Å². The van der Waals surface area contributed by atoms with Gasteiger partial charge in [0.15, 0.2) is 0 Å². The van der Waals surface area contributed by atoms with Crippen LogP contribution in [0.4, 0.5) is 5.69 Å². The highest BCUT2D eigenvalue weighted by molar-refractivity contribution is 7.86. The maximum absolute atomic E-state index is 11.4. The zero-order valence-electron chi connectivity index (χ0n) is 9.91. The minimum absolute atomic E-state index is 0.0131. The summed E-state index contributed by atoms with van der Waals surface area (Å²) < 4.78 is 32.0. The number of rotatable bonds is 2. The number of phenolic OH excluding ortho intramolecular Hbond substituents is 1. The van der Waals surface area contributed by atoms with Gasteiger partial charge in [-0.2, -0.15) is 8.42 Å². The van der Waals surface area contributed by atoms with E-state index in [9.17, 15) is 22.9 Å². The van der Waals surface area contributed by atoms with Gasteiger partial charge in [-0.25, -0.2) is 0 Å². The monoisotopic (exact) mass is 281 g/mol. The van der Waals surface area contributed by atoms with Crippen LogP contribution in [0.25, 0.3) is 10.8 Å². The molecule has 2 aromatic rings. The highest BCUT2D eigenvalue weighted by Gasteiger charge is 2.18. The molecule has 7 heteroatoms. The van der Waals surface area contributed by atoms with Gasteiger partial charge in [0.25, 0.3) is 10.1 Å². The van der Waals surface area contributed by atoms with E-state index in [0.717, 1.165) is 6.07 Å². The summed E-state index contributed by atoms with van der Waals surface area (Å²) in [5.74, 6) is -0.639. The first-order valence-electron chi connectivity index (χ1n) is 5.30. The Morgan fingerprint density at radius 1 is 1.26 bits per heavy atom. The van der Waals surface area contributed by atoms with Crippen LogP contribution < -0.4 is 5.32 Å². The molecule has 0 unspecified atom stereocenters. The second-order valence-corrected chi connectivity index (χ2v) is 5.40. The van der Waals surface area contributed by atoms with Gasteiger partial charge in [0, 0.05) is 18.0 Å². The summed E-state index contributed by atoms with van der Waals surface area (Å²) in [6.45, 7) is 1.28. The molecule has 0 fully saturated rings. The van der Waals surface area contributed by atoms with Crippen LogP contribution in [0.1, 0.15) is 6.92 Å².